The largest absolute Gasteiger partial charge is 0.394 e. The van der Waals surface area contributed by atoms with Crippen molar-refractivity contribution in [2.45, 2.75) is 155 Å². The molecule has 4 aliphatic carbocycles. The lowest BCUT2D eigenvalue weighted by Gasteiger charge is -2.70. The molecule has 0 aromatic rings. The van der Waals surface area contributed by atoms with Crippen LogP contribution in [0, 0.1) is 45.3 Å². The van der Waals surface area contributed by atoms with Gasteiger partial charge < -0.3 is 40.1 Å². The van der Waals surface area contributed by atoms with E-state index in [0.717, 1.165) is 24.8 Å². The summed E-state index contributed by atoms with van der Waals surface area (Å²) in [6, 6.07) is 0. The van der Waals surface area contributed by atoms with E-state index in [4.69, 9.17) is 9.47 Å². The highest BCUT2D eigenvalue weighted by molar-refractivity contribution is 5.84. The van der Waals surface area contributed by atoms with E-state index in [1.165, 1.54) is 0 Å². The van der Waals surface area contributed by atoms with Crippen LogP contribution in [0.15, 0.2) is 11.6 Å². The smallest absolute Gasteiger partial charge is 0.187 e. The minimum atomic E-state index is -1.55. The number of hydrogen-bond acceptors (Lipinski definition) is 9. The molecule has 0 spiro atoms. The maximum absolute atomic E-state index is 14.6. The van der Waals surface area contributed by atoms with Crippen LogP contribution < -0.4 is 0 Å². The van der Waals surface area contributed by atoms with Crippen LogP contribution >= 0.6 is 0 Å². The second kappa shape index (κ2) is 11.9. The maximum atomic E-state index is 14.6. The van der Waals surface area contributed by atoms with E-state index >= 15 is 0 Å². The number of carbonyl (C=O) groups is 1. The average Bonchev–Trinajstić information content (AvgIpc) is 3.33. The molecule has 0 bridgehead atoms. The van der Waals surface area contributed by atoms with Gasteiger partial charge in [0, 0.05) is 12.3 Å². The van der Waals surface area contributed by atoms with Crippen LogP contribution in [-0.4, -0.2) is 91.5 Å². The predicted molar refractivity (Wildman–Crippen MR) is 169 cm³/mol. The molecule has 45 heavy (non-hydrogen) atoms. The van der Waals surface area contributed by atoms with E-state index in [9.17, 15) is 35.4 Å². The Morgan fingerprint density at radius 2 is 1.64 bits per heavy atom. The fourth-order valence-corrected chi connectivity index (χ4v) is 11.7. The van der Waals surface area contributed by atoms with E-state index in [0.29, 0.717) is 32.1 Å². The molecule has 9 nitrogen and oxygen atoms in total. The van der Waals surface area contributed by atoms with Gasteiger partial charge in [-0.05, 0) is 105 Å². The zero-order valence-electron chi connectivity index (χ0n) is 28.7. The highest BCUT2D eigenvalue weighted by Crippen LogP contribution is 2.75. The van der Waals surface area contributed by atoms with Crippen molar-refractivity contribution in [2.75, 3.05) is 6.61 Å². The molecule has 0 unspecified atom stereocenters. The van der Waals surface area contributed by atoms with Gasteiger partial charge in [-0.15, -0.1) is 0 Å². The molecule has 6 N–H and O–H groups in total. The zero-order valence-corrected chi connectivity index (χ0v) is 28.7. The Morgan fingerprint density at radius 1 is 0.978 bits per heavy atom. The van der Waals surface area contributed by atoms with E-state index in [1.807, 2.05) is 20.8 Å². The first-order valence-electron chi connectivity index (χ1n) is 17.3. The van der Waals surface area contributed by atoms with Gasteiger partial charge in [-0.1, -0.05) is 46.3 Å². The molecule has 5 rings (SSSR count). The quantitative estimate of drug-likeness (QED) is 0.230. The Bertz CT molecular complexity index is 1150. The zero-order chi connectivity index (χ0) is 33.5. The second-order valence-corrected chi connectivity index (χ2v) is 17.3. The first-order chi connectivity index (χ1) is 20.8. The summed E-state index contributed by atoms with van der Waals surface area (Å²) in [5.41, 5.74) is -1.27. The van der Waals surface area contributed by atoms with E-state index in [2.05, 4.69) is 40.7 Å². The second-order valence-electron chi connectivity index (χ2n) is 17.3. The third kappa shape index (κ3) is 5.31. The Balaban J connectivity index is 1.51. The molecule has 1 aliphatic heterocycles. The minimum Gasteiger partial charge on any atom is -0.394 e. The van der Waals surface area contributed by atoms with Crippen LogP contribution in [-0.2, 0) is 14.3 Å². The van der Waals surface area contributed by atoms with Crippen molar-refractivity contribution in [3.05, 3.63) is 11.6 Å². The molecule has 9 heteroatoms. The van der Waals surface area contributed by atoms with E-state index in [-0.39, 0.29) is 40.3 Å². The van der Waals surface area contributed by atoms with Crippen molar-refractivity contribution in [2.24, 2.45) is 45.3 Å². The summed E-state index contributed by atoms with van der Waals surface area (Å²) >= 11 is 0. The molecule has 0 amide bonds. The highest BCUT2D eigenvalue weighted by Gasteiger charge is 2.73. The van der Waals surface area contributed by atoms with Gasteiger partial charge in [-0.2, -0.15) is 0 Å². The molecule has 1 heterocycles. The first kappa shape index (κ1) is 35.4. The summed E-state index contributed by atoms with van der Waals surface area (Å²) in [7, 11) is 0. The SMILES string of the molecule is CC(C)=CCC[C@](C)(O[C@H]1O[C@@H](CO)[C@H](O)[C@@H](O)[C@@H]1O)[C@@H]1CC[C@]2(C)[C@@H]1C(=O)C[C@@H]1[C@]3(C)CC[C@@H](O)C(C)(C)[C@@H]3[C@H](O)C[C@@]12C. The number of Topliss-reactive ketones (excluding diaryl/α,β-unsaturated/α-hetero) is 1. The standard InChI is InChI=1S/C36H60O9/c1-19(2)10-9-13-36(8,45-31-29(43)28(42)27(41)23(18-37)44-31)20-11-15-34(6)26(20)21(38)16-24-33(5)14-12-25(40)32(3,4)30(33)22(39)17-35(24,34)7/h10,20,22-31,37,39-43H,9,11-18H2,1-8H3/t20-,22-,23+,24-,25-,26+,27+,28-,29+,30+,31-,33+,34-,35+,36+/m1/s1. The van der Waals surface area contributed by atoms with Crippen molar-refractivity contribution < 1.29 is 44.9 Å². The molecule has 1 saturated heterocycles. The van der Waals surface area contributed by atoms with Crippen molar-refractivity contribution in [3.63, 3.8) is 0 Å². The monoisotopic (exact) mass is 636 g/mol. The number of aliphatic hydroxyl groups excluding tert-OH is 6. The van der Waals surface area contributed by atoms with Gasteiger partial charge >= 0.3 is 0 Å². The molecule has 0 aromatic carbocycles. The summed E-state index contributed by atoms with van der Waals surface area (Å²) in [4.78, 5) is 14.6. The topological polar surface area (TPSA) is 157 Å². The summed E-state index contributed by atoms with van der Waals surface area (Å²) in [6.07, 6.45) is -0.745. The normalized spacial score (nSPS) is 50.6. The third-order valence-corrected chi connectivity index (χ3v) is 14.2. The van der Waals surface area contributed by atoms with Crippen molar-refractivity contribution in [1.29, 1.82) is 0 Å². The molecular formula is C36H60O9. The summed E-state index contributed by atoms with van der Waals surface area (Å²) in [5.74, 6) is -0.372. The third-order valence-electron chi connectivity index (χ3n) is 14.2. The molecule has 15 atom stereocenters. The lowest BCUT2D eigenvalue weighted by atomic mass is 9.34. The lowest BCUT2D eigenvalue weighted by molar-refractivity contribution is -0.333. The van der Waals surface area contributed by atoms with Crippen molar-refractivity contribution >= 4 is 5.78 Å². The fraction of sp³-hybridized carbons (Fsp3) is 0.917. The molecule has 5 fully saturated rings. The van der Waals surface area contributed by atoms with Crippen LogP contribution in [0.4, 0.5) is 0 Å². The Morgan fingerprint density at radius 3 is 2.27 bits per heavy atom. The number of ketones is 1. The van der Waals surface area contributed by atoms with Gasteiger partial charge in [0.1, 0.15) is 30.2 Å². The lowest BCUT2D eigenvalue weighted by Crippen LogP contribution is -2.69. The number of fused-ring (bicyclic) bond motifs is 5. The van der Waals surface area contributed by atoms with Crippen LogP contribution in [0.25, 0.3) is 0 Å². The Labute approximate surface area is 269 Å². The number of hydrogen-bond donors (Lipinski definition) is 6. The fourth-order valence-electron chi connectivity index (χ4n) is 11.7. The molecule has 5 aliphatic rings. The molecule has 0 aromatic heterocycles. The first-order valence-corrected chi connectivity index (χ1v) is 17.3. The van der Waals surface area contributed by atoms with E-state index in [1.54, 1.807) is 0 Å². The van der Waals surface area contributed by atoms with Crippen LogP contribution in [0.3, 0.4) is 0 Å². The Kier molecular flexibility index (Phi) is 9.36. The van der Waals surface area contributed by atoms with Crippen LogP contribution in [0.1, 0.15) is 107 Å². The van der Waals surface area contributed by atoms with Crippen molar-refractivity contribution in [3.8, 4) is 0 Å². The summed E-state index contributed by atoms with van der Waals surface area (Å²) < 4.78 is 12.5. The average molecular weight is 637 g/mol. The Hall–Kier alpha value is -0.910. The number of carbonyl (C=O) groups excluding carboxylic acids is 1. The minimum absolute atomic E-state index is 0.0703. The van der Waals surface area contributed by atoms with Crippen LogP contribution in [0.2, 0.25) is 0 Å². The number of rotatable bonds is 7. The predicted octanol–water partition coefficient (Wildman–Crippen LogP) is 3.50. The highest BCUT2D eigenvalue weighted by atomic mass is 16.7. The van der Waals surface area contributed by atoms with Gasteiger partial charge in [0.05, 0.1) is 24.4 Å². The van der Waals surface area contributed by atoms with Gasteiger partial charge in [0.2, 0.25) is 0 Å². The molecule has 258 valence electrons. The number of ether oxygens (including phenoxy) is 2. The maximum Gasteiger partial charge on any atom is 0.187 e. The molecule has 4 saturated carbocycles. The number of allylic oxidation sites excluding steroid dienone is 2. The van der Waals surface area contributed by atoms with Gasteiger partial charge in [-0.25, -0.2) is 0 Å². The molecule has 0 radical (unpaired) electrons. The van der Waals surface area contributed by atoms with Gasteiger partial charge in [0.15, 0.2) is 6.29 Å². The number of aliphatic hydroxyl groups is 6. The van der Waals surface area contributed by atoms with Crippen LogP contribution in [0.5, 0.6) is 0 Å². The van der Waals surface area contributed by atoms with Gasteiger partial charge in [0.25, 0.3) is 0 Å². The summed E-state index contributed by atoms with van der Waals surface area (Å²) in [5, 5.41) is 64.6. The van der Waals surface area contributed by atoms with Crippen molar-refractivity contribution in [1.82, 2.24) is 0 Å². The summed E-state index contributed by atoms with van der Waals surface area (Å²) in [6.45, 7) is 16.4. The van der Waals surface area contributed by atoms with E-state index < -0.39 is 66.0 Å². The molecular weight excluding hydrogens is 576 g/mol. The van der Waals surface area contributed by atoms with Gasteiger partial charge in [-0.3, -0.25) is 4.79 Å².